The highest BCUT2D eigenvalue weighted by molar-refractivity contribution is 14.0. The van der Waals surface area contributed by atoms with Crippen molar-refractivity contribution in [3.63, 3.8) is 0 Å². The second-order valence-corrected chi connectivity index (χ2v) is 6.91. The maximum Gasteiger partial charge on any atom is 0.411 e. The SMILES string of the molecule is CN=C(NCc1ccc(NC(=O)OC)cc1)N1CCC(=Cc2ccccc2)CC1.I. The number of likely N-dealkylation sites (tertiary alicyclic amines) is 1. The van der Waals surface area contributed by atoms with E-state index >= 15 is 0 Å². The zero-order valence-electron chi connectivity index (χ0n) is 17.4. The van der Waals surface area contributed by atoms with E-state index in [0.29, 0.717) is 12.2 Å². The van der Waals surface area contributed by atoms with Crippen molar-refractivity contribution in [2.75, 3.05) is 32.6 Å². The molecule has 0 saturated carbocycles. The van der Waals surface area contributed by atoms with E-state index in [0.717, 1.165) is 37.5 Å². The number of aliphatic imine (C=N–C) groups is 1. The lowest BCUT2D eigenvalue weighted by atomic mass is 10.0. The molecule has 160 valence electrons. The number of rotatable bonds is 4. The molecule has 0 aromatic heterocycles. The van der Waals surface area contributed by atoms with E-state index in [4.69, 9.17) is 0 Å². The van der Waals surface area contributed by atoms with Gasteiger partial charge in [0.15, 0.2) is 5.96 Å². The minimum Gasteiger partial charge on any atom is -0.453 e. The zero-order chi connectivity index (χ0) is 20.5. The summed E-state index contributed by atoms with van der Waals surface area (Å²) in [5.74, 6) is 0.917. The van der Waals surface area contributed by atoms with Crippen LogP contribution in [0, 0.1) is 0 Å². The van der Waals surface area contributed by atoms with Crippen molar-refractivity contribution < 1.29 is 9.53 Å². The van der Waals surface area contributed by atoms with Gasteiger partial charge in [0.05, 0.1) is 7.11 Å². The fourth-order valence-corrected chi connectivity index (χ4v) is 3.32. The molecule has 2 aromatic rings. The minimum absolute atomic E-state index is 0. The normalized spacial score (nSPS) is 13.9. The molecule has 30 heavy (non-hydrogen) atoms. The number of carbonyl (C=O) groups excluding carboxylic acids is 1. The van der Waals surface area contributed by atoms with Crippen LogP contribution in [0.1, 0.15) is 24.0 Å². The first-order chi connectivity index (χ1) is 14.2. The summed E-state index contributed by atoms with van der Waals surface area (Å²) >= 11 is 0. The molecule has 3 rings (SSSR count). The van der Waals surface area contributed by atoms with Gasteiger partial charge in [-0.1, -0.05) is 54.1 Å². The number of benzene rings is 2. The lowest BCUT2D eigenvalue weighted by molar-refractivity contribution is 0.187. The van der Waals surface area contributed by atoms with Crippen molar-refractivity contribution in [3.8, 4) is 0 Å². The van der Waals surface area contributed by atoms with Crippen LogP contribution in [0.15, 0.2) is 65.2 Å². The molecule has 2 aromatic carbocycles. The number of ether oxygens (including phenoxy) is 1. The van der Waals surface area contributed by atoms with Crippen LogP contribution in [0.4, 0.5) is 10.5 Å². The van der Waals surface area contributed by atoms with Gasteiger partial charge in [0.25, 0.3) is 0 Å². The number of hydrogen-bond acceptors (Lipinski definition) is 3. The van der Waals surface area contributed by atoms with Crippen LogP contribution in [0.5, 0.6) is 0 Å². The molecule has 0 radical (unpaired) electrons. The predicted molar refractivity (Wildman–Crippen MR) is 133 cm³/mol. The highest BCUT2D eigenvalue weighted by atomic mass is 127. The summed E-state index contributed by atoms with van der Waals surface area (Å²) < 4.78 is 4.60. The van der Waals surface area contributed by atoms with E-state index in [1.807, 2.05) is 37.4 Å². The summed E-state index contributed by atoms with van der Waals surface area (Å²) in [7, 11) is 3.17. The quantitative estimate of drug-likeness (QED) is 0.348. The Balaban J connectivity index is 0.00000320. The van der Waals surface area contributed by atoms with Gasteiger partial charge in [-0.05, 0) is 36.1 Å². The molecule has 0 atom stereocenters. The third kappa shape index (κ3) is 7.05. The predicted octanol–water partition coefficient (Wildman–Crippen LogP) is 4.74. The number of hydrogen-bond donors (Lipinski definition) is 2. The number of carbonyl (C=O) groups is 1. The van der Waals surface area contributed by atoms with E-state index in [2.05, 4.69) is 55.6 Å². The highest BCUT2D eigenvalue weighted by Crippen LogP contribution is 2.19. The smallest absolute Gasteiger partial charge is 0.411 e. The monoisotopic (exact) mass is 520 g/mol. The van der Waals surface area contributed by atoms with E-state index in [-0.39, 0.29) is 24.0 Å². The molecule has 6 nitrogen and oxygen atoms in total. The Morgan fingerprint density at radius 2 is 1.77 bits per heavy atom. The van der Waals surface area contributed by atoms with Crippen LogP contribution in [-0.2, 0) is 11.3 Å². The van der Waals surface area contributed by atoms with E-state index < -0.39 is 6.09 Å². The summed E-state index contributed by atoms with van der Waals surface area (Å²) in [4.78, 5) is 18.0. The fraction of sp³-hybridized carbons (Fsp3) is 0.304. The fourth-order valence-electron chi connectivity index (χ4n) is 3.32. The number of guanidine groups is 1. The summed E-state index contributed by atoms with van der Waals surface area (Å²) in [6, 6.07) is 18.2. The van der Waals surface area contributed by atoms with Gasteiger partial charge in [0.1, 0.15) is 0 Å². The lowest BCUT2D eigenvalue weighted by Gasteiger charge is -2.31. The Morgan fingerprint density at radius 3 is 2.37 bits per heavy atom. The second-order valence-electron chi connectivity index (χ2n) is 6.91. The van der Waals surface area contributed by atoms with Gasteiger partial charge in [-0.2, -0.15) is 0 Å². The molecular formula is C23H29IN4O2. The van der Waals surface area contributed by atoms with E-state index in [9.17, 15) is 4.79 Å². The molecule has 0 unspecified atom stereocenters. The number of methoxy groups -OCH3 is 1. The van der Waals surface area contributed by atoms with Crippen LogP contribution in [0.25, 0.3) is 6.08 Å². The number of amides is 1. The molecule has 2 N–H and O–H groups in total. The highest BCUT2D eigenvalue weighted by Gasteiger charge is 2.17. The molecular weight excluding hydrogens is 491 g/mol. The summed E-state index contributed by atoms with van der Waals surface area (Å²) in [5.41, 5.74) is 4.57. The second kappa shape index (κ2) is 12.2. The molecule has 1 saturated heterocycles. The van der Waals surface area contributed by atoms with Crippen LogP contribution in [0.3, 0.4) is 0 Å². The Labute approximate surface area is 195 Å². The Morgan fingerprint density at radius 1 is 1.10 bits per heavy atom. The maximum atomic E-state index is 11.2. The van der Waals surface area contributed by atoms with Gasteiger partial charge in [0, 0.05) is 32.4 Å². The lowest BCUT2D eigenvalue weighted by Crippen LogP contribution is -2.44. The van der Waals surface area contributed by atoms with Crippen LogP contribution in [0.2, 0.25) is 0 Å². The van der Waals surface area contributed by atoms with Crippen molar-refractivity contribution >= 4 is 47.8 Å². The van der Waals surface area contributed by atoms with E-state index in [1.165, 1.54) is 18.2 Å². The Bertz CT molecular complexity index is 857. The van der Waals surface area contributed by atoms with Crippen LogP contribution < -0.4 is 10.6 Å². The molecule has 7 heteroatoms. The van der Waals surface area contributed by atoms with Crippen molar-refractivity contribution in [1.29, 1.82) is 0 Å². The molecule has 1 aliphatic heterocycles. The standard InChI is InChI=1S/C23H28N4O2.HI/c1-24-22(25-17-20-8-10-21(11-9-20)26-23(28)29-2)27-14-12-19(13-15-27)16-18-6-4-3-5-7-18;/h3-11,16H,12-15,17H2,1-2H3,(H,24,25)(H,26,28);1H. The summed E-state index contributed by atoms with van der Waals surface area (Å²) in [6.07, 6.45) is 3.92. The van der Waals surface area contributed by atoms with Crippen molar-refractivity contribution in [2.45, 2.75) is 19.4 Å². The number of nitrogens with one attached hydrogen (secondary N) is 2. The molecule has 0 spiro atoms. The summed E-state index contributed by atoms with van der Waals surface area (Å²) in [6.45, 7) is 2.59. The van der Waals surface area contributed by atoms with Crippen molar-refractivity contribution in [1.82, 2.24) is 10.2 Å². The van der Waals surface area contributed by atoms with Gasteiger partial charge >= 0.3 is 6.09 Å². The zero-order valence-corrected chi connectivity index (χ0v) is 19.8. The van der Waals surface area contributed by atoms with E-state index in [1.54, 1.807) is 0 Å². The van der Waals surface area contributed by atoms with Gasteiger partial charge in [-0.3, -0.25) is 10.3 Å². The van der Waals surface area contributed by atoms with Gasteiger partial charge in [0.2, 0.25) is 0 Å². The maximum absolute atomic E-state index is 11.2. The molecule has 1 aliphatic rings. The molecule has 1 amide bonds. The number of halogens is 1. The van der Waals surface area contributed by atoms with Crippen LogP contribution >= 0.6 is 24.0 Å². The molecule has 0 aliphatic carbocycles. The summed E-state index contributed by atoms with van der Waals surface area (Å²) in [5, 5.41) is 6.08. The Hall–Kier alpha value is -2.55. The Kier molecular flexibility index (Phi) is 9.66. The first-order valence-electron chi connectivity index (χ1n) is 9.82. The number of piperidine rings is 1. The van der Waals surface area contributed by atoms with Gasteiger partial charge in [-0.15, -0.1) is 24.0 Å². The topological polar surface area (TPSA) is 66.0 Å². The largest absolute Gasteiger partial charge is 0.453 e. The average molecular weight is 520 g/mol. The van der Waals surface area contributed by atoms with Gasteiger partial charge < -0.3 is 15.0 Å². The first kappa shape index (κ1) is 23.7. The molecule has 1 heterocycles. The molecule has 0 bridgehead atoms. The molecule has 1 fully saturated rings. The average Bonchev–Trinajstić information content (AvgIpc) is 2.77. The van der Waals surface area contributed by atoms with Gasteiger partial charge in [-0.25, -0.2) is 4.79 Å². The van der Waals surface area contributed by atoms with Crippen LogP contribution in [-0.4, -0.2) is 44.2 Å². The third-order valence-corrected chi connectivity index (χ3v) is 4.92. The van der Waals surface area contributed by atoms with Crippen molar-refractivity contribution in [3.05, 3.63) is 71.3 Å². The first-order valence-corrected chi connectivity index (χ1v) is 9.82. The minimum atomic E-state index is -0.470. The number of nitrogens with zero attached hydrogens (tertiary/aromatic N) is 2. The van der Waals surface area contributed by atoms with Crippen molar-refractivity contribution in [2.24, 2.45) is 4.99 Å². The third-order valence-electron chi connectivity index (χ3n) is 4.92. The number of anilines is 1.